The summed E-state index contributed by atoms with van der Waals surface area (Å²) in [6, 6.07) is 14.1. The molecule has 1 aliphatic rings. The van der Waals surface area contributed by atoms with Crippen molar-refractivity contribution < 1.29 is 4.79 Å². The Balaban J connectivity index is 1.68. The van der Waals surface area contributed by atoms with Crippen molar-refractivity contribution in [2.75, 3.05) is 33.7 Å². The fourth-order valence-corrected chi connectivity index (χ4v) is 3.58. The zero-order chi connectivity index (χ0) is 18.5. The second-order valence-electron chi connectivity index (χ2n) is 7.27. The molecule has 0 radical (unpaired) electrons. The number of pyridine rings is 1. The van der Waals surface area contributed by atoms with Gasteiger partial charge in [-0.1, -0.05) is 29.8 Å². The highest BCUT2D eigenvalue weighted by molar-refractivity contribution is 6.30. The van der Waals surface area contributed by atoms with Gasteiger partial charge in [-0.25, -0.2) is 0 Å². The maximum Gasteiger partial charge on any atom is 0.236 e. The van der Waals surface area contributed by atoms with Crippen molar-refractivity contribution in [3.8, 4) is 0 Å². The van der Waals surface area contributed by atoms with Crippen molar-refractivity contribution in [2.24, 2.45) is 0 Å². The Morgan fingerprint density at radius 3 is 2.73 bits per heavy atom. The average Bonchev–Trinajstić information content (AvgIpc) is 2.63. The van der Waals surface area contributed by atoms with Gasteiger partial charge >= 0.3 is 0 Å². The molecule has 0 N–H and O–H groups in total. The molecule has 26 heavy (non-hydrogen) atoms. The molecular weight excluding hydrogens is 346 g/mol. The first-order chi connectivity index (χ1) is 12.5. The number of rotatable bonds is 5. The van der Waals surface area contributed by atoms with Crippen LogP contribution >= 0.6 is 11.6 Å². The molecule has 1 aromatic carbocycles. The molecule has 1 aromatic heterocycles. The number of carbonyl (C=O) groups excluding carboxylic acids is 1. The lowest BCUT2D eigenvalue weighted by Gasteiger charge is -2.33. The minimum atomic E-state index is 0.206. The number of likely N-dealkylation sites (N-methyl/N-ethyl adjacent to an activating group) is 1. The molecular formula is C21H26ClN3O. The molecule has 4 nitrogen and oxygen atoms in total. The van der Waals surface area contributed by atoms with Gasteiger partial charge in [-0.3, -0.25) is 9.78 Å². The predicted octanol–water partition coefficient (Wildman–Crippen LogP) is 3.59. The second-order valence-corrected chi connectivity index (χ2v) is 7.71. The lowest BCUT2D eigenvalue weighted by molar-refractivity contribution is -0.133. The van der Waals surface area contributed by atoms with E-state index >= 15 is 0 Å². The van der Waals surface area contributed by atoms with Crippen LogP contribution in [0.1, 0.15) is 35.7 Å². The maximum atomic E-state index is 12.4. The lowest BCUT2D eigenvalue weighted by Crippen LogP contribution is -2.43. The van der Waals surface area contributed by atoms with Gasteiger partial charge in [0.2, 0.25) is 5.91 Å². The minimum Gasteiger partial charge on any atom is -0.341 e. The van der Waals surface area contributed by atoms with E-state index in [0.717, 1.165) is 48.8 Å². The molecule has 3 rings (SSSR count). The van der Waals surface area contributed by atoms with Gasteiger partial charge in [-0.2, -0.15) is 0 Å². The topological polar surface area (TPSA) is 36.4 Å². The van der Waals surface area contributed by atoms with Crippen molar-refractivity contribution in [1.82, 2.24) is 14.8 Å². The summed E-state index contributed by atoms with van der Waals surface area (Å²) in [6.07, 6.45) is 2.91. The third kappa shape index (κ3) is 5.05. The third-order valence-electron chi connectivity index (χ3n) is 4.77. The van der Waals surface area contributed by atoms with Gasteiger partial charge in [-0.05, 0) is 56.8 Å². The Kier molecular flexibility index (Phi) is 6.28. The van der Waals surface area contributed by atoms with Crippen molar-refractivity contribution in [2.45, 2.75) is 25.2 Å². The van der Waals surface area contributed by atoms with Crippen molar-refractivity contribution in [1.29, 1.82) is 0 Å². The molecule has 2 aromatic rings. The second kappa shape index (κ2) is 8.65. The summed E-state index contributed by atoms with van der Waals surface area (Å²) >= 11 is 5.96. The van der Waals surface area contributed by atoms with Gasteiger partial charge in [0.25, 0.3) is 0 Å². The molecule has 1 unspecified atom stereocenters. The van der Waals surface area contributed by atoms with Crippen LogP contribution in [0.3, 0.4) is 0 Å². The highest BCUT2D eigenvalue weighted by Crippen LogP contribution is 2.26. The average molecular weight is 372 g/mol. The Hall–Kier alpha value is -1.91. The summed E-state index contributed by atoms with van der Waals surface area (Å²) in [5.74, 6) is 0.525. The van der Waals surface area contributed by atoms with E-state index in [1.54, 1.807) is 0 Å². The molecule has 1 aliphatic heterocycles. The van der Waals surface area contributed by atoms with Gasteiger partial charge in [0.05, 0.1) is 6.54 Å². The zero-order valence-corrected chi connectivity index (χ0v) is 16.2. The van der Waals surface area contributed by atoms with Crippen molar-refractivity contribution in [3.63, 3.8) is 0 Å². The Labute approximate surface area is 160 Å². The van der Waals surface area contributed by atoms with Gasteiger partial charge in [0.15, 0.2) is 0 Å². The van der Waals surface area contributed by atoms with E-state index < -0.39 is 0 Å². The quantitative estimate of drug-likeness (QED) is 0.805. The molecule has 138 valence electrons. The molecule has 5 heteroatoms. The van der Waals surface area contributed by atoms with Gasteiger partial charge in [-0.15, -0.1) is 0 Å². The molecule has 0 bridgehead atoms. The zero-order valence-electron chi connectivity index (χ0n) is 15.5. The number of amides is 1. The number of piperidine rings is 1. The number of halogens is 1. The van der Waals surface area contributed by atoms with E-state index in [2.05, 4.69) is 18.2 Å². The van der Waals surface area contributed by atoms with E-state index in [9.17, 15) is 4.79 Å². The minimum absolute atomic E-state index is 0.206. The van der Waals surface area contributed by atoms with Gasteiger partial charge in [0.1, 0.15) is 0 Å². The first kappa shape index (κ1) is 18.9. The first-order valence-electron chi connectivity index (χ1n) is 9.14. The van der Waals surface area contributed by atoms with Crippen molar-refractivity contribution in [3.05, 3.63) is 64.4 Å². The summed E-state index contributed by atoms with van der Waals surface area (Å²) in [5.41, 5.74) is 3.35. The fourth-order valence-electron chi connectivity index (χ4n) is 3.45. The van der Waals surface area contributed by atoms with Crippen LogP contribution in [0.4, 0.5) is 0 Å². The number of likely N-dealkylation sites (tertiary alicyclic amines) is 1. The summed E-state index contributed by atoms with van der Waals surface area (Å²) in [4.78, 5) is 21.2. The molecule has 2 heterocycles. The molecule has 0 saturated carbocycles. The number of benzene rings is 1. The maximum absolute atomic E-state index is 12.4. The highest BCUT2D eigenvalue weighted by atomic mass is 35.5. The molecule has 0 aliphatic carbocycles. The van der Waals surface area contributed by atoms with Crippen LogP contribution in [-0.2, 0) is 11.2 Å². The van der Waals surface area contributed by atoms with E-state index in [0.29, 0.717) is 12.5 Å². The number of aromatic nitrogens is 1. The largest absolute Gasteiger partial charge is 0.341 e. The predicted molar refractivity (Wildman–Crippen MR) is 106 cm³/mol. The van der Waals surface area contributed by atoms with Crippen LogP contribution in [0, 0.1) is 0 Å². The summed E-state index contributed by atoms with van der Waals surface area (Å²) in [6.45, 7) is 2.09. The van der Waals surface area contributed by atoms with Crippen LogP contribution in [0.15, 0.2) is 42.5 Å². The molecule has 1 saturated heterocycles. The number of hydrogen-bond acceptors (Lipinski definition) is 3. The third-order valence-corrected chi connectivity index (χ3v) is 5.02. The monoisotopic (exact) mass is 371 g/mol. The first-order valence-corrected chi connectivity index (χ1v) is 9.52. The smallest absolute Gasteiger partial charge is 0.236 e. The normalized spacial score (nSPS) is 17.5. The van der Waals surface area contributed by atoms with Gasteiger partial charge < -0.3 is 9.80 Å². The molecule has 1 amide bonds. The van der Waals surface area contributed by atoms with E-state index in [-0.39, 0.29) is 5.91 Å². The van der Waals surface area contributed by atoms with Crippen LogP contribution in [0.2, 0.25) is 5.02 Å². The van der Waals surface area contributed by atoms with E-state index in [1.807, 2.05) is 48.2 Å². The number of hydrogen-bond donors (Lipinski definition) is 0. The molecule has 1 atom stereocenters. The van der Waals surface area contributed by atoms with Crippen LogP contribution in [0.25, 0.3) is 0 Å². The lowest BCUT2D eigenvalue weighted by atomic mass is 9.93. The highest BCUT2D eigenvalue weighted by Gasteiger charge is 2.25. The summed E-state index contributed by atoms with van der Waals surface area (Å²) in [5, 5.41) is 0.750. The van der Waals surface area contributed by atoms with Crippen LogP contribution < -0.4 is 0 Å². The molecule has 1 fully saturated rings. The van der Waals surface area contributed by atoms with Crippen molar-refractivity contribution >= 4 is 17.5 Å². The standard InChI is InChI=1S/C21H26ClN3O/c1-24(2)15-21(26)25-12-4-5-17(14-25)20-7-3-6-19(23-20)13-16-8-10-18(22)11-9-16/h3,6-11,17H,4-5,12-15H2,1-2H3. The Morgan fingerprint density at radius 1 is 1.23 bits per heavy atom. The van der Waals surface area contributed by atoms with Crippen LogP contribution in [-0.4, -0.2) is 54.4 Å². The van der Waals surface area contributed by atoms with Gasteiger partial charge in [0, 0.05) is 41.8 Å². The SMILES string of the molecule is CN(C)CC(=O)N1CCCC(c2cccc(Cc3ccc(Cl)cc3)n2)C1. The summed E-state index contributed by atoms with van der Waals surface area (Å²) in [7, 11) is 3.86. The number of carbonyl (C=O) groups is 1. The molecule has 0 spiro atoms. The number of nitrogens with zero attached hydrogens (tertiary/aromatic N) is 3. The Bertz CT molecular complexity index is 745. The van der Waals surface area contributed by atoms with E-state index in [4.69, 9.17) is 16.6 Å². The summed E-state index contributed by atoms with van der Waals surface area (Å²) < 4.78 is 0. The van der Waals surface area contributed by atoms with Crippen LogP contribution in [0.5, 0.6) is 0 Å². The van der Waals surface area contributed by atoms with E-state index in [1.165, 1.54) is 5.56 Å². The fraction of sp³-hybridized carbons (Fsp3) is 0.429. The Morgan fingerprint density at radius 2 is 2.00 bits per heavy atom.